The van der Waals surface area contributed by atoms with Gasteiger partial charge in [0.2, 0.25) is 0 Å². The van der Waals surface area contributed by atoms with Gasteiger partial charge in [-0.3, -0.25) is 5.84 Å². The summed E-state index contributed by atoms with van der Waals surface area (Å²) in [6.45, 7) is 2.06. The fourth-order valence-corrected chi connectivity index (χ4v) is 2.80. The van der Waals surface area contributed by atoms with Gasteiger partial charge in [-0.05, 0) is 47.9 Å². The lowest BCUT2D eigenvalue weighted by molar-refractivity contribution is 0.392. The number of benzene rings is 2. The number of nitrogens with two attached hydrogens (primary N) is 1. The molecule has 1 atom stereocenters. The molecular weight excluding hydrogens is 332 g/mol. The van der Waals surface area contributed by atoms with Crippen molar-refractivity contribution in [3.8, 4) is 11.5 Å². The number of aryl methyl sites for hydroxylation is 1. The quantitative estimate of drug-likeness (QED) is 0.641. The van der Waals surface area contributed by atoms with Crippen LogP contribution in [0.1, 0.15) is 22.7 Å². The van der Waals surface area contributed by atoms with Crippen LogP contribution in [0.2, 0.25) is 0 Å². The zero-order valence-electron chi connectivity index (χ0n) is 12.3. The normalized spacial score (nSPS) is 12.0. The van der Waals surface area contributed by atoms with E-state index in [4.69, 9.17) is 15.3 Å². The Hall–Kier alpha value is -1.56. The van der Waals surface area contributed by atoms with E-state index in [0.29, 0.717) is 0 Å². The predicted molar refractivity (Wildman–Crippen MR) is 87.6 cm³/mol. The van der Waals surface area contributed by atoms with Crippen molar-refractivity contribution in [1.82, 2.24) is 5.43 Å². The summed E-state index contributed by atoms with van der Waals surface area (Å²) in [5.41, 5.74) is 6.11. The highest BCUT2D eigenvalue weighted by Gasteiger charge is 2.17. The van der Waals surface area contributed by atoms with Crippen LogP contribution in [0.3, 0.4) is 0 Å². The number of nitrogens with one attached hydrogen (secondary N) is 1. The summed E-state index contributed by atoms with van der Waals surface area (Å²) in [5, 5.41) is 0. The van der Waals surface area contributed by atoms with Gasteiger partial charge >= 0.3 is 0 Å². The van der Waals surface area contributed by atoms with Crippen molar-refractivity contribution in [2.24, 2.45) is 5.84 Å². The Morgan fingerprint density at radius 3 is 2.14 bits per heavy atom. The minimum absolute atomic E-state index is 0.137. The van der Waals surface area contributed by atoms with Crippen LogP contribution < -0.4 is 20.7 Å². The largest absolute Gasteiger partial charge is 0.497 e. The average Bonchev–Trinajstić information content (AvgIpc) is 2.49. The van der Waals surface area contributed by atoms with Crippen molar-refractivity contribution in [2.45, 2.75) is 13.0 Å². The number of rotatable bonds is 5. The van der Waals surface area contributed by atoms with E-state index >= 15 is 0 Å². The second kappa shape index (κ2) is 6.93. The first kappa shape index (κ1) is 15.8. The lowest BCUT2D eigenvalue weighted by Gasteiger charge is -2.20. The van der Waals surface area contributed by atoms with E-state index in [2.05, 4.69) is 40.4 Å². The van der Waals surface area contributed by atoms with Crippen molar-refractivity contribution >= 4 is 15.9 Å². The summed E-state index contributed by atoms with van der Waals surface area (Å²) in [4.78, 5) is 0. The zero-order valence-corrected chi connectivity index (χ0v) is 13.9. The lowest BCUT2D eigenvalue weighted by atomic mass is 9.95. The Balaban J connectivity index is 2.50. The molecule has 3 N–H and O–H groups in total. The Bertz CT molecular complexity index is 609. The van der Waals surface area contributed by atoms with Crippen molar-refractivity contribution in [1.29, 1.82) is 0 Å². The van der Waals surface area contributed by atoms with Crippen molar-refractivity contribution in [2.75, 3.05) is 14.2 Å². The van der Waals surface area contributed by atoms with Gasteiger partial charge in [0.15, 0.2) is 0 Å². The molecule has 0 amide bonds. The van der Waals surface area contributed by atoms with Gasteiger partial charge in [-0.25, -0.2) is 5.43 Å². The number of halogens is 1. The maximum Gasteiger partial charge on any atom is 0.122 e. The molecule has 4 nitrogen and oxygen atoms in total. The van der Waals surface area contributed by atoms with Gasteiger partial charge in [0.05, 0.1) is 20.3 Å². The van der Waals surface area contributed by atoms with Crippen LogP contribution in [0, 0.1) is 6.92 Å². The highest BCUT2D eigenvalue weighted by molar-refractivity contribution is 9.10. The zero-order chi connectivity index (χ0) is 15.4. The van der Waals surface area contributed by atoms with Crippen LogP contribution in [0.5, 0.6) is 11.5 Å². The molecular formula is C16H19BrN2O2. The summed E-state index contributed by atoms with van der Waals surface area (Å²) >= 11 is 3.48. The van der Waals surface area contributed by atoms with Gasteiger partial charge in [0.1, 0.15) is 11.5 Å². The van der Waals surface area contributed by atoms with E-state index in [1.807, 2.05) is 24.3 Å². The minimum atomic E-state index is -0.137. The molecule has 0 aromatic heterocycles. The van der Waals surface area contributed by atoms with Crippen LogP contribution in [0.25, 0.3) is 0 Å². The molecule has 2 aromatic carbocycles. The van der Waals surface area contributed by atoms with E-state index < -0.39 is 0 Å². The fourth-order valence-electron chi connectivity index (χ4n) is 2.32. The summed E-state index contributed by atoms with van der Waals surface area (Å²) in [6, 6.07) is 11.7. The van der Waals surface area contributed by atoms with Gasteiger partial charge in [-0.2, -0.15) is 0 Å². The molecule has 2 rings (SSSR count). The average molecular weight is 351 g/mol. The topological polar surface area (TPSA) is 56.5 Å². The standard InChI is InChI=1S/C16H19BrN2O2/c1-10-6-12(17)4-5-15(10)16(19-18)11-7-13(20-2)9-14(8-11)21-3/h4-9,16,19H,18H2,1-3H3. The maximum absolute atomic E-state index is 5.78. The molecule has 112 valence electrons. The molecule has 0 spiro atoms. The van der Waals surface area contributed by atoms with Crippen molar-refractivity contribution in [3.05, 3.63) is 57.6 Å². The van der Waals surface area contributed by atoms with Crippen LogP contribution >= 0.6 is 15.9 Å². The highest BCUT2D eigenvalue weighted by Crippen LogP contribution is 2.31. The molecule has 2 aromatic rings. The molecule has 0 aliphatic carbocycles. The Kier molecular flexibility index (Phi) is 5.22. The van der Waals surface area contributed by atoms with Crippen molar-refractivity contribution in [3.63, 3.8) is 0 Å². The fraction of sp³-hybridized carbons (Fsp3) is 0.250. The summed E-state index contributed by atoms with van der Waals surface area (Å²) in [5.74, 6) is 7.25. The molecule has 0 radical (unpaired) electrons. The lowest BCUT2D eigenvalue weighted by Crippen LogP contribution is -2.29. The number of hydrogen-bond acceptors (Lipinski definition) is 4. The number of hydrogen-bond donors (Lipinski definition) is 2. The second-order valence-corrected chi connectivity index (χ2v) is 5.66. The number of methoxy groups -OCH3 is 2. The summed E-state index contributed by atoms with van der Waals surface area (Å²) in [6.07, 6.45) is 0. The van der Waals surface area contributed by atoms with E-state index in [1.165, 1.54) is 0 Å². The second-order valence-electron chi connectivity index (χ2n) is 4.75. The third-order valence-corrected chi connectivity index (χ3v) is 3.91. The predicted octanol–water partition coefficient (Wildman–Crippen LogP) is 3.33. The van der Waals surface area contributed by atoms with Crippen molar-refractivity contribution < 1.29 is 9.47 Å². The van der Waals surface area contributed by atoms with Crippen LogP contribution in [-0.4, -0.2) is 14.2 Å². The molecule has 0 heterocycles. The monoisotopic (exact) mass is 350 g/mol. The van der Waals surface area contributed by atoms with Gasteiger partial charge in [0, 0.05) is 10.5 Å². The molecule has 1 unspecified atom stereocenters. The van der Waals surface area contributed by atoms with Gasteiger partial charge in [-0.15, -0.1) is 0 Å². The Morgan fingerprint density at radius 2 is 1.67 bits per heavy atom. The third-order valence-electron chi connectivity index (χ3n) is 3.42. The third kappa shape index (κ3) is 3.56. The summed E-state index contributed by atoms with van der Waals surface area (Å²) < 4.78 is 11.7. The van der Waals surface area contributed by atoms with E-state index in [9.17, 15) is 0 Å². The Morgan fingerprint density at radius 1 is 1.05 bits per heavy atom. The van der Waals surface area contributed by atoms with Gasteiger partial charge in [-0.1, -0.05) is 22.0 Å². The molecule has 21 heavy (non-hydrogen) atoms. The number of ether oxygens (including phenoxy) is 2. The van der Waals surface area contributed by atoms with Crippen LogP contribution in [-0.2, 0) is 0 Å². The minimum Gasteiger partial charge on any atom is -0.497 e. The van der Waals surface area contributed by atoms with Gasteiger partial charge in [0.25, 0.3) is 0 Å². The number of hydrazine groups is 1. The first-order valence-electron chi connectivity index (χ1n) is 6.54. The van der Waals surface area contributed by atoms with E-state index in [0.717, 1.165) is 32.7 Å². The molecule has 0 saturated carbocycles. The first-order valence-corrected chi connectivity index (χ1v) is 7.33. The molecule has 0 bridgehead atoms. The molecule has 0 fully saturated rings. The molecule has 5 heteroatoms. The van der Waals surface area contributed by atoms with Crippen LogP contribution in [0.4, 0.5) is 0 Å². The van der Waals surface area contributed by atoms with E-state index in [-0.39, 0.29) is 6.04 Å². The molecule has 0 aliphatic rings. The van der Waals surface area contributed by atoms with Gasteiger partial charge < -0.3 is 9.47 Å². The smallest absolute Gasteiger partial charge is 0.122 e. The Labute approximate surface area is 133 Å². The molecule has 0 aliphatic heterocycles. The molecule has 0 saturated heterocycles. The maximum atomic E-state index is 5.78. The van der Waals surface area contributed by atoms with Crippen LogP contribution in [0.15, 0.2) is 40.9 Å². The van der Waals surface area contributed by atoms with E-state index in [1.54, 1.807) is 14.2 Å². The SMILES string of the molecule is COc1cc(OC)cc(C(NN)c2ccc(Br)cc2C)c1. The highest BCUT2D eigenvalue weighted by atomic mass is 79.9. The summed E-state index contributed by atoms with van der Waals surface area (Å²) in [7, 11) is 3.27. The first-order chi connectivity index (χ1) is 10.1.